The van der Waals surface area contributed by atoms with Crippen LogP contribution in [0.25, 0.3) is 0 Å². The van der Waals surface area contributed by atoms with Crippen LogP contribution in [0.4, 0.5) is 5.69 Å². The van der Waals surface area contributed by atoms with E-state index < -0.39 is 11.8 Å². The summed E-state index contributed by atoms with van der Waals surface area (Å²) in [6, 6.07) is 8.76. The Hall–Kier alpha value is -2.04. The number of alkyl halides is 1. The molecule has 108 valence electrons. The number of hydrogen-bond donors (Lipinski definition) is 2. The van der Waals surface area contributed by atoms with E-state index in [1.165, 1.54) is 30.3 Å². The third-order valence-corrected chi connectivity index (χ3v) is 3.58. The average Bonchev–Trinajstić information content (AvgIpc) is 2.45. The number of nitrogen functional groups attached to an aromatic ring is 1. The Morgan fingerprint density at radius 3 is 2.38 bits per heavy atom. The Balaban J connectivity index is 2.56. The molecule has 6 heteroatoms. The lowest BCUT2D eigenvalue weighted by atomic mass is 9.96. The zero-order valence-corrected chi connectivity index (χ0v) is 12.3. The van der Waals surface area contributed by atoms with Gasteiger partial charge in [0.05, 0.1) is 10.6 Å². The van der Waals surface area contributed by atoms with Crippen molar-refractivity contribution in [1.82, 2.24) is 0 Å². The van der Waals surface area contributed by atoms with E-state index in [0.29, 0.717) is 11.3 Å². The first-order valence-corrected chi connectivity index (χ1v) is 6.87. The second-order valence-electron chi connectivity index (χ2n) is 4.38. The van der Waals surface area contributed by atoms with E-state index in [1.807, 2.05) is 0 Å². The molecule has 0 unspecified atom stereocenters. The van der Waals surface area contributed by atoms with Gasteiger partial charge in [-0.3, -0.25) is 4.79 Å². The summed E-state index contributed by atoms with van der Waals surface area (Å²) in [6.45, 7) is 0. The molecule has 0 aliphatic rings. The van der Waals surface area contributed by atoms with Gasteiger partial charge >= 0.3 is 5.97 Å². The molecule has 0 fully saturated rings. The maximum atomic E-state index is 12.6. The number of rotatable bonds is 4. The number of carbonyl (C=O) groups is 2. The molecule has 4 nitrogen and oxygen atoms in total. The van der Waals surface area contributed by atoms with Crippen LogP contribution in [-0.2, 0) is 5.88 Å². The van der Waals surface area contributed by atoms with E-state index in [0.717, 1.165) is 0 Å². The van der Waals surface area contributed by atoms with Gasteiger partial charge in [-0.15, -0.1) is 11.6 Å². The topological polar surface area (TPSA) is 80.4 Å². The summed E-state index contributed by atoms with van der Waals surface area (Å²) in [6.07, 6.45) is 0. The molecular formula is C15H11Cl2NO3. The highest BCUT2D eigenvalue weighted by atomic mass is 35.5. The van der Waals surface area contributed by atoms with Gasteiger partial charge in [0.1, 0.15) is 0 Å². The Kier molecular flexibility index (Phi) is 4.50. The molecule has 2 aromatic carbocycles. The normalized spacial score (nSPS) is 10.4. The van der Waals surface area contributed by atoms with Crippen LogP contribution in [0.5, 0.6) is 0 Å². The molecular weight excluding hydrogens is 313 g/mol. The number of nitrogens with two attached hydrogens (primary N) is 1. The maximum Gasteiger partial charge on any atom is 0.335 e. The predicted molar refractivity (Wildman–Crippen MR) is 82.3 cm³/mol. The number of halogens is 2. The van der Waals surface area contributed by atoms with E-state index in [1.54, 1.807) is 6.07 Å². The van der Waals surface area contributed by atoms with Crippen LogP contribution in [0.3, 0.4) is 0 Å². The molecule has 3 N–H and O–H groups in total. The standard InChI is InChI=1S/C15H11Cl2NO3/c16-7-9-2-1-8(15(20)21)5-12(9)14(19)11-4-3-10(18)6-13(11)17/h1-6H,7,18H2,(H,20,21). The van der Waals surface area contributed by atoms with Crippen LogP contribution in [0.2, 0.25) is 5.02 Å². The monoisotopic (exact) mass is 323 g/mol. The second kappa shape index (κ2) is 6.16. The third-order valence-electron chi connectivity index (χ3n) is 2.98. The smallest absolute Gasteiger partial charge is 0.335 e. The van der Waals surface area contributed by atoms with Crippen molar-refractivity contribution in [3.63, 3.8) is 0 Å². The van der Waals surface area contributed by atoms with Crippen LogP contribution in [0.15, 0.2) is 36.4 Å². The Morgan fingerprint density at radius 2 is 1.81 bits per heavy atom. The van der Waals surface area contributed by atoms with Crippen LogP contribution >= 0.6 is 23.2 Å². The minimum atomic E-state index is -1.12. The third kappa shape index (κ3) is 3.17. The van der Waals surface area contributed by atoms with Crippen molar-refractivity contribution in [2.24, 2.45) is 0 Å². The highest BCUT2D eigenvalue weighted by molar-refractivity contribution is 6.35. The van der Waals surface area contributed by atoms with E-state index in [9.17, 15) is 9.59 Å². The quantitative estimate of drug-likeness (QED) is 0.512. The van der Waals surface area contributed by atoms with Crippen molar-refractivity contribution < 1.29 is 14.7 Å². The van der Waals surface area contributed by atoms with Crippen molar-refractivity contribution in [2.75, 3.05) is 5.73 Å². The van der Waals surface area contributed by atoms with Crippen LogP contribution in [0, 0.1) is 0 Å². The summed E-state index contributed by atoms with van der Waals surface area (Å²) in [4.78, 5) is 23.6. The number of carbonyl (C=O) groups excluding carboxylic acids is 1. The zero-order valence-electron chi connectivity index (χ0n) is 10.8. The van der Waals surface area contributed by atoms with E-state index in [-0.39, 0.29) is 27.6 Å². The average molecular weight is 324 g/mol. The predicted octanol–water partition coefficient (Wildman–Crippen LogP) is 3.59. The molecule has 21 heavy (non-hydrogen) atoms. The molecule has 2 aromatic rings. The summed E-state index contributed by atoms with van der Waals surface area (Å²) >= 11 is 11.8. The van der Waals surface area contributed by atoms with Gasteiger partial charge < -0.3 is 10.8 Å². The Morgan fingerprint density at radius 1 is 1.10 bits per heavy atom. The van der Waals surface area contributed by atoms with Crippen LogP contribution in [-0.4, -0.2) is 16.9 Å². The van der Waals surface area contributed by atoms with Crippen molar-refractivity contribution in [2.45, 2.75) is 5.88 Å². The first-order chi connectivity index (χ1) is 9.93. The summed E-state index contributed by atoms with van der Waals surface area (Å²) in [5, 5.41) is 9.24. The maximum absolute atomic E-state index is 12.6. The summed E-state index contributed by atoms with van der Waals surface area (Å²) in [5.74, 6) is -1.42. The molecule has 0 saturated heterocycles. The zero-order chi connectivity index (χ0) is 15.6. The first-order valence-electron chi connectivity index (χ1n) is 5.96. The second-order valence-corrected chi connectivity index (χ2v) is 5.05. The minimum absolute atomic E-state index is 0.0128. The first kappa shape index (κ1) is 15.4. The SMILES string of the molecule is Nc1ccc(C(=O)c2cc(C(=O)O)ccc2CCl)c(Cl)c1. The van der Waals surface area contributed by atoms with Crippen LogP contribution < -0.4 is 5.73 Å². The van der Waals surface area contributed by atoms with Crippen molar-refractivity contribution >= 4 is 40.6 Å². The summed E-state index contributed by atoms with van der Waals surface area (Å²) < 4.78 is 0. The van der Waals surface area contributed by atoms with Gasteiger partial charge in [-0.1, -0.05) is 17.7 Å². The van der Waals surface area contributed by atoms with Gasteiger partial charge in [-0.2, -0.15) is 0 Å². The number of carboxylic acid groups (broad SMARTS) is 1. The number of aromatic carboxylic acids is 1. The van der Waals surface area contributed by atoms with Gasteiger partial charge in [0.15, 0.2) is 5.78 Å². The fourth-order valence-electron chi connectivity index (χ4n) is 1.90. The lowest BCUT2D eigenvalue weighted by Gasteiger charge is -2.09. The molecule has 0 radical (unpaired) electrons. The van der Waals surface area contributed by atoms with E-state index >= 15 is 0 Å². The number of benzene rings is 2. The molecule has 0 aliphatic carbocycles. The fourth-order valence-corrected chi connectivity index (χ4v) is 2.41. The highest BCUT2D eigenvalue weighted by Gasteiger charge is 2.18. The summed E-state index contributed by atoms with van der Waals surface area (Å²) in [7, 11) is 0. The van der Waals surface area contributed by atoms with Crippen molar-refractivity contribution in [1.29, 1.82) is 0 Å². The van der Waals surface area contributed by atoms with Crippen LogP contribution in [0.1, 0.15) is 31.8 Å². The van der Waals surface area contributed by atoms with E-state index in [2.05, 4.69) is 0 Å². The van der Waals surface area contributed by atoms with Gasteiger partial charge in [-0.25, -0.2) is 4.79 Å². The van der Waals surface area contributed by atoms with Gasteiger partial charge in [0.2, 0.25) is 0 Å². The lowest BCUT2D eigenvalue weighted by Crippen LogP contribution is -2.08. The largest absolute Gasteiger partial charge is 0.478 e. The van der Waals surface area contributed by atoms with E-state index in [4.69, 9.17) is 34.0 Å². The van der Waals surface area contributed by atoms with Crippen molar-refractivity contribution in [3.05, 3.63) is 63.7 Å². The summed E-state index contributed by atoms with van der Waals surface area (Å²) in [5.41, 5.74) is 7.05. The lowest BCUT2D eigenvalue weighted by molar-refractivity contribution is 0.0697. The molecule has 0 spiro atoms. The Bertz CT molecular complexity index is 729. The Labute approximate surface area is 131 Å². The minimum Gasteiger partial charge on any atom is -0.478 e. The number of anilines is 1. The molecule has 0 saturated carbocycles. The molecule has 0 aliphatic heterocycles. The molecule has 0 bridgehead atoms. The number of hydrogen-bond acceptors (Lipinski definition) is 3. The molecule has 0 amide bonds. The number of ketones is 1. The van der Waals surface area contributed by atoms with Gasteiger partial charge in [-0.05, 0) is 35.9 Å². The van der Waals surface area contributed by atoms with Gasteiger partial charge in [0.25, 0.3) is 0 Å². The molecule has 0 atom stereocenters. The molecule has 2 rings (SSSR count). The highest BCUT2D eigenvalue weighted by Crippen LogP contribution is 2.25. The number of carboxylic acids is 1. The molecule has 0 heterocycles. The molecule has 0 aromatic heterocycles. The fraction of sp³-hybridized carbons (Fsp3) is 0.0667. The van der Waals surface area contributed by atoms with Crippen molar-refractivity contribution in [3.8, 4) is 0 Å². The van der Waals surface area contributed by atoms with Gasteiger partial charge in [0, 0.05) is 22.7 Å².